The fraction of sp³-hybridized carbons (Fsp3) is 0.0769. The van der Waals surface area contributed by atoms with Gasteiger partial charge in [0.05, 0.1) is 16.3 Å². The molecule has 2 aromatic rings. The molecule has 0 atom stereocenters. The van der Waals surface area contributed by atoms with E-state index < -0.39 is 17.5 Å². The molecule has 0 fully saturated rings. The van der Waals surface area contributed by atoms with E-state index in [0.717, 1.165) is 12.1 Å². The van der Waals surface area contributed by atoms with Crippen molar-refractivity contribution in [2.45, 2.75) is 0 Å². The molecule has 0 saturated carbocycles. The average molecular weight is 298 g/mol. The van der Waals surface area contributed by atoms with E-state index in [4.69, 9.17) is 11.6 Å². The van der Waals surface area contributed by atoms with Crippen LogP contribution in [0.4, 0.5) is 20.3 Å². The lowest BCUT2D eigenvalue weighted by molar-refractivity contribution is 0.102. The summed E-state index contributed by atoms with van der Waals surface area (Å²) in [5, 5.41) is 5.21. The monoisotopic (exact) mass is 297 g/mol. The standard InChI is InChI=1S/C13H10ClF2N3O/c1-17-12-5-8(9(14)6-18-12)13(20)19-11-3-2-7(15)4-10(11)16/h2-6H,1H3,(H,17,18)(H,19,20). The maximum Gasteiger partial charge on any atom is 0.257 e. The Morgan fingerprint density at radius 2 is 2.05 bits per heavy atom. The number of halogens is 3. The molecular weight excluding hydrogens is 288 g/mol. The molecule has 1 aromatic heterocycles. The smallest absolute Gasteiger partial charge is 0.257 e. The Kier molecular flexibility index (Phi) is 4.14. The number of rotatable bonds is 3. The van der Waals surface area contributed by atoms with Gasteiger partial charge in [0.2, 0.25) is 0 Å². The van der Waals surface area contributed by atoms with Crippen molar-refractivity contribution in [2.24, 2.45) is 0 Å². The molecule has 2 rings (SSSR count). The number of hydrogen-bond acceptors (Lipinski definition) is 3. The Labute approximate surface area is 118 Å². The number of benzene rings is 1. The first-order valence-electron chi connectivity index (χ1n) is 5.61. The number of nitrogens with zero attached hydrogens (tertiary/aromatic N) is 1. The van der Waals surface area contributed by atoms with Crippen LogP contribution >= 0.6 is 11.6 Å². The van der Waals surface area contributed by atoms with E-state index in [-0.39, 0.29) is 16.3 Å². The molecule has 0 aliphatic rings. The fourth-order valence-electron chi connectivity index (χ4n) is 1.53. The summed E-state index contributed by atoms with van der Waals surface area (Å²) >= 11 is 5.87. The van der Waals surface area contributed by atoms with E-state index in [1.807, 2.05) is 0 Å². The third-order valence-corrected chi connectivity index (χ3v) is 2.84. The Hall–Kier alpha value is -2.21. The van der Waals surface area contributed by atoms with E-state index in [1.165, 1.54) is 12.3 Å². The van der Waals surface area contributed by atoms with E-state index in [9.17, 15) is 13.6 Å². The van der Waals surface area contributed by atoms with Gasteiger partial charge in [-0.3, -0.25) is 4.79 Å². The number of aromatic nitrogens is 1. The summed E-state index contributed by atoms with van der Waals surface area (Å²) in [7, 11) is 1.64. The highest BCUT2D eigenvalue weighted by atomic mass is 35.5. The first-order chi connectivity index (χ1) is 9.51. The quantitative estimate of drug-likeness (QED) is 0.914. The average Bonchev–Trinajstić information content (AvgIpc) is 2.42. The van der Waals surface area contributed by atoms with Crippen LogP contribution in [0.3, 0.4) is 0 Å². The summed E-state index contributed by atoms with van der Waals surface area (Å²) in [6.07, 6.45) is 1.31. The molecule has 1 amide bonds. The van der Waals surface area contributed by atoms with Crippen molar-refractivity contribution in [3.63, 3.8) is 0 Å². The molecule has 0 saturated heterocycles. The molecule has 0 aliphatic heterocycles. The Balaban J connectivity index is 2.28. The second-order valence-corrected chi connectivity index (χ2v) is 4.28. The van der Waals surface area contributed by atoms with Gasteiger partial charge in [-0.1, -0.05) is 11.6 Å². The van der Waals surface area contributed by atoms with Crippen LogP contribution in [0.15, 0.2) is 30.5 Å². The van der Waals surface area contributed by atoms with Crippen LogP contribution < -0.4 is 10.6 Å². The zero-order valence-electron chi connectivity index (χ0n) is 10.4. The Morgan fingerprint density at radius 3 is 2.70 bits per heavy atom. The van der Waals surface area contributed by atoms with Gasteiger partial charge in [0.1, 0.15) is 17.5 Å². The molecule has 7 heteroatoms. The third kappa shape index (κ3) is 3.03. The van der Waals surface area contributed by atoms with Gasteiger partial charge in [-0.15, -0.1) is 0 Å². The highest BCUT2D eigenvalue weighted by molar-refractivity contribution is 6.34. The van der Waals surface area contributed by atoms with Crippen LogP contribution in [-0.2, 0) is 0 Å². The van der Waals surface area contributed by atoms with E-state index in [1.54, 1.807) is 7.05 Å². The van der Waals surface area contributed by atoms with E-state index in [0.29, 0.717) is 11.9 Å². The summed E-state index contributed by atoms with van der Waals surface area (Å²) in [4.78, 5) is 16.0. The summed E-state index contributed by atoms with van der Waals surface area (Å²) in [6.45, 7) is 0. The first-order valence-corrected chi connectivity index (χ1v) is 5.98. The van der Waals surface area contributed by atoms with Crippen molar-refractivity contribution < 1.29 is 13.6 Å². The topological polar surface area (TPSA) is 54.0 Å². The third-order valence-electron chi connectivity index (χ3n) is 2.54. The molecule has 0 spiro atoms. The fourth-order valence-corrected chi connectivity index (χ4v) is 1.72. The number of nitrogens with one attached hydrogen (secondary N) is 2. The molecule has 20 heavy (non-hydrogen) atoms. The SMILES string of the molecule is CNc1cc(C(=O)Nc2ccc(F)cc2F)c(Cl)cn1. The minimum atomic E-state index is -0.864. The highest BCUT2D eigenvalue weighted by Crippen LogP contribution is 2.21. The summed E-state index contributed by atoms with van der Waals surface area (Å²) in [6, 6.07) is 4.30. The van der Waals surface area contributed by atoms with Gasteiger partial charge in [0.25, 0.3) is 5.91 Å². The van der Waals surface area contributed by atoms with Gasteiger partial charge >= 0.3 is 0 Å². The second kappa shape index (κ2) is 5.83. The van der Waals surface area contributed by atoms with E-state index in [2.05, 4.69) is 15.6 Å². The molecule has 104 valence electrons. The lowest BCUT2D eigenvalue weighted by Crippen LogP contribution is -2.14. The number of pyridine rings is 1. The van der Waals surface area contributed by atoms with Crippen LogP contribution in [-0.4, -0.2) is 17.9 Å². The second-order valence-electron chi connectivity index (χ2n) is 3.88. The van der Waals surface area contributed by atoms with Gasteiger partial charge in [-0.25, -0.2) is 13.8 Å². The lowest BCUT2D eigenvalue weighted by atomic mass is 10.2. The lowest BCUT2D eigenvalue weighted by Gasteiger charge is -2.09. The molecule has 0 aliphatic carbocycles. The van der Waals surface area contributed by atoms with Crippen LogP contribution in [0.5, 0.6) is 0 Å². The minimum absolute atomic E-state index is 0.129. The first kappa shape index (κ1) is 14.2. The van der Waals surface area contributed by atoms with Gasteiger partial charge < -0.3 is 10.6 Å². The van der Waals surface area contributed by atoms with Gasteiger partial charge in [0.15, 0.2) is 0 Å². The van der Waals surface area contributed by atoms with Gasteiger partial charge in [-0.05, 0) is 18.2 Å². The minimum Gasteiger partial charge on any atom is -0.373 e. The van der Waals surface area contributed by atoms with Gasteiger partial charge in [0, 0.05) is 19.3 Å². The number of anilines is 2. The number of carbonyl (C=O) groups is 1. The van der Waals surface area contributed by atoms with Crippen molar-refractivity contribution in [3.05, 3.63) is 52.7 Å². The predicted octanol–water partition coefficient (Wildman–Crippen LogP) is 3.31. The van der Waals surface area contributed by atoms with Crippen molar-refractivity contribution in [2.75, 3.05) is 17.7 Å². The predicted molar refractivity (Wildman–Crippen MR) is 73.1 cm³/mol. The molecule has 1 aromatic carbocycles. The maximum atomic E-state index is 13.5. The van der Waals surface area contributed by atoms with Crippen molar-refractivity contribution >= 4 is 29.0 Å². The molecular formula is C13H10ClF2N3O. The zero-order chi connectivity index (χ0) is 14.7. The van der Waals surface area contributed by atoms with Crippen molar-refractivity contribution in [1.29, 1.82) is 0 Å². The van der Waals surface area contributed by atoms with Crippen LogP contribution in [0.2, 0.25) is 5.02 Å². The van der Waals surface area contributed by atoms with Crippen LogP contribution in [0, 0.1) is 11.6 Å². The Bertz CT molecular complexity index is 664. The summed E-state index contributed by atoms with van der Waals surface area (Å²) in [5.74, 6) is -1.75. The van der Waals surface area contributed by atoms with E-state index >= 15 is 0 Å². The molecule has 4 nitrogen and oxygen atoms in total. The highest BCUT2D eigenvalue weighted by Gasteiger charge is 2.14. The normalized spacial score (nSPS) is 10.2. The molecule has 0 unspecified atom stereocenters. The van der Waals surface area contributed by atoms with Gasteiger partial charge in [-0.2, -0.15) is 0 Å². The summed E-state index contributed by atoms with van der Waals surface area (Å²) in [5.41, 5.74) is 0.00466. The largest absolute Gasteiger partial charge is 0.373 e. The number of carbonyl (C=O) groups excluding carboxylic acids is 1. The summed E-state index contributed by atoms with van der Waals surface area (Å²) < 4.78 is 26.2. The van der Waals surface area contributed by atoms with Crippen molar-refractivity contribution in [1.82, 2.24) is 4.98 Å². The maximum absolute atomic E-state index is 13.5. The number of amides is 1. The molecule has 0 radical (unpaired) electrons. The Morgan fingerprint density at radius 1 is 1.30 bits per heavy atom. The van der Waals surface area contributed by atoms with Crippen LogP contribution in [0.1, 0.15) is 10.4 Å². The molecule has 1 heterocycles. The van der Waals surface area contributed by atoms with Crippen LogP contribution in [0.25, 0.3) is 0 Å². The molecule has 2 N–H and O–H groups in total. The number of hydrogen-bond donors (Lipinski definition) is 2. The van der Waals surface area contributed by atoms with Crippen molar-refractivity contribution in [3.8, 4) is 0 Å². The molecule has 0 bridgehead atoms. The zero-order valence-corrected chi connectivity index (χ0v) is 11.1.